The van der Waals surface area contributed by atoms with Crippen molar-refractivity contribution in [1.29, 1.82) is 0 Å². The molecule has 0 saturated heterocycles. The van der Waals surface area contributed by atoms with Crippen molar-refractivity contribution in [2.75, 3.05) is 14.7 Å². The van der Waals surface area contributed by atoms with E-state index in [0.717, 1.165) is 67.5 Å². The summed E-state index contributed by atoms with van der Waals surface area (Å²) in [5.41, 5.74) is 16.8. The van der Waals surface area contributed by atoms with Crippen molar-refractivity contribution in [3.8, 4) is 33.4 Å². The van der Waals surface area contributed by atoms with Crippen molar-refractivity contribution in [1.82, 2.24) is 0 Å². The van der Waals surface area contributed by atoms with Gasteiger partial charge in [0.2, 0.25) is 0 Å². The SMILES string of the molecule is c1ccc(-c2ccc3c(N(c4ccc(N(c5ccccc5)c5ccccc5)cc4)c4ccc(N(c5ccccc5)c5ccccc5)cc4)c4cc(-c5ccccc5)ccc4c(-c4ccccc4)c3c2)cc1. The van der Waals surface area contributed by atoms with Gasteiger partial charge in [0, 0.05) is 56.3 Å². The van der Waals surface area contributed by atoms with E-state index in [0.29, 0.717) is 0 Å². The molecule has 0 atom stereocenters. The number of hydrogen-bond acceptors (Lipinski definition) is 3. The molecule has 0 fully saturated rings. The first-order valence-electron chi connectivity index (χ1n) is 24.3. The lowest BCUT2D eigenvalue weighted by Crippen LogP contribution is -2.14. The van der Waals surface area contributed by atoms with E-state index in [2.05, 4.69) is 312 Å². The molecule has 0 aliphatic rings. The Morgan fingerprint density at radius 2 is 0.451 bits per heavy atom. The summed E-state index contributed by atoms with van der Waals surface area (Å²) in [6.07, 6.45) is 0. The molecular weight excluding hydrogens is 859 g/mol. The predicted molar refractivity (Wildman–Crippen MR) is 302 cm³/mol. The minimum absolute atomic E-state index is 1.04. The monoisotopic (exact) mass is 907 g/mol. The van der Waals surface area contributed by atoms with E-state index in [1.54, 1.807) is 0 Å². The van der Waals surface area contributed by atoms with E-state index in [4.69, 9.17) is 0 Å². The number of benzene rings is 12. The van der Waals surface area contributed by atoms with Crippen molar-refractivity contribution in [2.24, 2.45) is 0 Å². The van der Waals surface area contributed by atoms with Gasteiger partial charge in [-0.1, -0.05) is 188 Å². The van der Waals surface area contributed by atoms with Gasteiger partial charge in [0.15, 0.2) is 0 Å². The van der Waals surface area contributed by atoms with Gasteiger partial charge in [0.1, 0.15) is 0 Å². The summed E-state index contributed by atoms with van der Waals surface area (Å²) in [6, 6.07) is 107. The molecule has 3 nitrogen and oxygen atoms in total. The van der Waals surface area contributed by atoms with Crippen LogP contribution in [0.15, 0.2) is 297 Å². The van der Waals surface area contributed by atoms with Gasteiger partial charge in [-0.2, -0.15) is 0 Å². The van der Waals surface area contributed by atoms with Crippen molar-refractivity contribution in [3.05, 3.63) is 297 Å². The minimum atomic E-state index is 1.04. The maximum absolute atomic E-state index is 2.48. The Morgan fingerprint density at radius 3 is 0.817 bits per heavy atom. The molecule has 0 aromatic heterocycles. The van der Waals surface area contributed by atoms with Crippen molar-refractivity contribution in [2.45, 2.75) is 0 Å². The van der Waals surface area contributed by atoms with E-state index in [9.17, 15) is 0 Å². The Labute approximate surface area is 416 Å². The van der Waals surface area contributed by atoms with E-state index in [1.807, 2.05) is 0 Å². The van der Waals surface area contributed by atoms with Crippen LogP contribution in [-0.4, -0.2) is 0 Å². The first kappa shape index (κ1) is 42.9. The van der Waals surface area contributed by atoms with Crippen LogP contribution < -0.4 is 14.7 Å². The molecule has 12 aromatic carbocycles. The summed E-state index contributed by atoms with van der Waals surface area (Å²) in [6.45, 7) is 0. The first-order valence-corrected chi connectivity index (χ1v) is 24.3. The molecule has 0 bridgehead atoms. The molecule has 0 heterocycles. The third-order valence-corrected chi connectivity index (χ3v) is 13.4. The Kier molecular flexibility index (Phi) is 11.6. The molecule has 0 N–H and O–H groups in total. The predicted octanol–water partition coefficient (Wildman–Crippen LogP) is 19.4. The molecule has 3 heteroatoms. The largest absolute Gasteiger partial charge is 0.311 e. The molecule has 12 aromatic rings. The number of para-hydroxylation sites is 4. The summed E-state index contributed by atoms with van der Waals surface area (Å²) >= 11 is 0. The minimum Gasteiger partial charge on any atom is -0.311 e. The van der Waals surface area contributed by atoms with Crippen LogP contribution in [0.25, 0.3) is 54.9 Å². The number of rotatable bonds is 12. The topological polar surface area (TPSA) is 9.72 Å². The highest BCUT2D eigenvalue weighted by Gasteiger charge is 2.25. The highest BCUT2D eigenvalue weighted by Crippen LogP contribution is 2.51. The zero-order valence-corrected chi connectivity index (χ0v) is 39.1. The zero-order chi connectivity index (χ0) is 47.3. The first-order chi connectivity index (χ1) is 35.2. The molecular formula is C68H49N3. The van der Waals surface area contributed by atoms with Crippen LogP contribution in [0.3, 0.4) is 0 Å². The molecule has 0 saturated carbocycles. The Hall–Kier alpha value is -9.44. The van der Waals surface area contributed by atoms with Gasteiger partial charge < -0.3 is 14.7 Å². The van der Waals surface area contributed by atoms with E-state index >= 15 is 0 Å². The molecule has 0 unspecified atom stereocenters. The third-order valence-electron chi connectivity index (χ3n) is 13.4. The van der Waals surface area contributed by atoms with Crippen LogP contribution >= 0.6 is 0 Å². The van der Waals surface area contributed by atoms with Crippen molar-refractivity contribution in [3.63, 3.8) is 0 Å². The Morgan fingerprint density at radius 1 is 0.169 bits per heavy atom. The van der Waals surface area contributed by atoms with E-state index < -0.39 is 0 Å². The van der Waals surface area contributed by atoms with E-state index in [-0.39, 0.29) is 0 Å². The standard InChI is InChI=1S/C68H49N3/c1-8-22-50(23-9-1)53-37-47-64-65(48-53)67(52-26-12-3-13-27-52)63-46-36-54(51-24-10-2-11-25-51)49-66(63)68(64)71(61-42-38-59(39-43-61)69(55-28-14-4-15-29-55)56-30-16-5-17-31-56)62-44-40-60(41-45-62)70(57-32-18-6-19-33-57)58-34-20-7-21-35-58/h1-49H. The van der Waals surface area contributed by atoms with Gasteiger partial charge in [-0.25, -0.2) is 0 Å². The maximum atomic E-state index is 2.48. The summed E-state index contributed by atoms with van der Waals surface area (Å²) in [5, 5.41) is 4.67. The molecule has 12 rings (SSSR count). The summed E-state index contributed by atoms with van der Waals surface area (Å²) in [7, 11) is 0. The van der Waals surface area contributed by atoms with Crippen LogP contribution in [0.2, 0.25) is 0 Å². The van der Waals surface area contributed by atoms with Crippen LogP contribution in [0.4, 0.5) is 51.2 Å². The second kappa shape index (κ2) is 19.3. The fraction of sp³-hybridized carbons (Fsp3) is 0. The van der Waals surface area contributed by atoms with Gasteiger partial charge in [0.25, 0.3) is 0 Å². The van der Waals surface area contributed by atoms with Gasteiger partial charge in [-0.15, -0.1) is 0 Å². The van der Waals surface area contributed by atoms with Crippen LogP contribution in [0.5, 0.6) is 0 Å². The Bertz CT molecular complexity index is 3500. The highest BCUT2D eigenvalue weighted by atomic mass is 15.2. The Balaban J connectivity index is 1.13. The fourth-order valence-corrected chi connectivity index (χ4v) is 10.1. The normalized spacial score (nSPS) is 11.1. The lowest BCUT2D eigenvalue weighted by atomic mass is 9.87. The summed E-state index contributed by atoms with van der Waals surface area (Å²) in [4.78, 5) is 7.12. The van der Waals surface area contributed by atoms with Gasteiger partial charge in [-0.3, -0.25) is 0 Å². The third kappa shape index (κ3) is 8.47. The average Bonchev–Trinajstić information content (AvgIpc) is 3.45. The fourth-order valence-electron chi connectivity index (χ4n) is 10.1. The molecule has 336 valence electrons. The summed E-state index contributed by atoms with van der Waals surface area (Å²) < 4.78 is 0. The smallest absolute Gasteiger partial charge is 0.0619 e. The molecule has 0 spiro atoms. The number of anilines is 9. The molecule has 0 aliphatic heterocycles. The molecule has 0 amide bonds. The lowest BCUT2D eigenvalue weighted by Gasteiger charge is -2.32. The maximum Gasteiger partial charge on any atom is 0.0619 e. The number of nitrogens with zero attached hydrogens (tertiary/aromatic N) is 3. The second-order valence-corrected chi connectivity index (χ2v) is 17.7. The van der Waals surface area contributed by atoms with Crippen molar-refractivity contribution < 1.29 is 0 Å². The number of fused-ring (bicyclic) bond motifs is 2. The van der Waals surface area contributed by atoms with Crippen LogP contribution in [0, 0.1) is 0 Å². The van der Waals surface area contributed by atoms with Crippen molar-refractivity contribution >= 4 is 72.7 Å². The van der Waals surface area contributed by atoms with Gasteiger partial charge >= 0.3 is 0 Å². The van der Waals surface area contributed by atoms with E-state index in [1.165, 1.54) is 38.6 Å². The highest BCUT2D eigenvalue weighted by molar-refractivity contribution is 6.23. The lowest BCUT2D eigenvalue weighted by molar-refractivity contribution is 1.25. The summed E-state index contributed by atoms with van der Waals surface area (Å²) in [5.74, 6) is 0. The quantitative estimate of drug-likeness (QED) is 0.113. The second-order valence-electron chi connectivity index (χ2n) is 17.7. The molecule has 0 aliphatic carbocycles. The van der Waals surface area contributed by atoms with Crippen LogP contribution in [-0.2, 0) is 0 Å². The molecule has 71 heavy (non-hydrogen) atoms. The zero-order valence-electron chi connectivity index (χ0n) is 39.1. The van der Waals surface area contributed by atoms with Gasteiger partial charge in [0.05, 0.1) is 5.69 Å². The number of hydrogen-bond donors (Lipinski definition) is 0. The van der Waals surface area contributed by atoms with Crippen LogP contribution in [0.1, 0.15) is 0 Å². The van der Waals surface area contributed by atoms with Gasteiger partial charge in [-0.05, 0) is 153 Å². The average molecular weight is 908 g/mol. The molecule has 0 radical (unpaired) electrons.